The second-order valence-corrected chi connectivity index (χ2v) is 4.74. The smallest absolute Gasteiger partial charge is 0.323 e. The van der Waals surface area contributed by atoms with E-state index in [1.54, 1.807) is 0 Å². The summed E-state index contributed by atoms with van der Waals surface area (Å²) in [6, 6.07) is 5.85. The fourth-order valence-electron chi connectivity index (χ4n) is 1.86. The van der Waals surface area contributed by atoms with E-state index in [4.69, 9.17) is 10.4 Å². The van der Waals surface area contributed by atoms with Crippen LogP contribution in [0.3, 0.4) is 0 Å². The first kappa shape index (κ1) is 15.4. The molecular formula is C13H15N3O4. The van der Waals surface area contributed by atoms with Crippen molar-refractivity contribution in [3.8, 4) is 6.07 Å². The lowest BCUT2D eigenvalue weighted by Crippen LogP contribution is -2.33. The molecule has 0 aliphatic carbocycles. The van der Waals surface area contributed by atoms with Gasteiger partial charge in [0, 0.05) is 12.6 Å². The van der Waals surface area contributed by atoms with Gasteiger partial charge in [0.05, 0.1) is 16.6 Å². The Hall–Kier alpha value is -2.62. The fourth-order valence-corrected chi connectivity index (χ4v) is 1.86. The summed E-state index contributed by atoms with van der Waals surface area (Å²) in [6.45, 7) is 3.83. The number of carbonyl (C=O) groups is 1. The quantitative estimate of drug-likeness (QED) is 0.629. The highest BCUT2D eigenvalue weighted by atomic mass is 16.6. The number of hydrogen-bond acceptors (Lipinski definition) is 5. The molecule has 0 bridgehead atoms. The van der Waals surface area contributed by atoms with Gasteiger partial charge in [-0.15, -0.1) is 0 Å². The first-order chi connectivity index (χ1) is 9.35. The molecule has 0 unspecified atom stereocenters. The van der Waals surface area contributed by atoms with Crippen LogP contribution in [0.1, 0.15) is 19.4 Å². The average molecular weight is 277 g/mol. The molecule has 7 nitrogen and oxygen atoms in total. The number of nitro groups is 1. The van der Waals surface area contributed by atoms with E-state index in [1.807, 2.05) is 19.9 Å². The Kier molecular flexibility index (Phi) is 5.03. The van der Waals surface area contributed by atoms with Gasteiger partial charge in [-0.05, 0) is 18.1 Å². The van der Waals surface area contributed by atoms with Crippen LogP contribution >= 0.6 is 0 Å². The largest absolute Gasteiger partial charge is 0.480 e. The Morgan fingerprint density at radius 3 is 2.65 bits per heavy atom. The standard InChI is InChI=1S/C13H15N3O4/c1-9(2)7-15(8-13(17)18)11-4-3-10(6-14)5-12(11)16(19)20/h3-5,9H,7-8H2,1-2H3,(H,17,18). The first-order valence-corrected chi connectivity index (χ1v) is 6.00. The van der Waals surface area contributed by atoms with Crippen molar-refractivity contribution < 1.29 is 14.8 Å². The minimum absolute atomic E-state index is 0.143. The third-order valence-electron chi connectivity index (χ3n) is 2.55. The van der Waals surface area contributed by atoms with Crippen molar-refractivity contribution in [1.82, 2.24) is 0 Å². The highest BCUT2D eigenvalue weighted by molar-refractivity contribution is 5.76. The van der Waals surface area contributed by atoms with Gasteiger partial charge in [0.1, 0.15) is 12.2 Å². The highest BCUT2D eigenvalue weighted by Crippen LogP contribution is 2.29. The van der Waals surface area contributed by atoms with Crippen molar-refractivity contribution in [2.24, 2.45) is 5.92 Å². The summed E-state index contributed by atoms with van der Waals surface area (Å²) < 4.78 is 0. The van der Waals surface area contributed by atoms with Crippen LogP contribution in [0.25, 0.3) is 0 Å². The molecular weight excluding hydrogens is 262 g/mol. The van der Waals surface area contributed by atoms with Crippen molar-refractivity contribution in [2.45, 2.75) is 13.8 Å². The summed E-state index contributed by atoms with van der Waals surface area (Å²) in [5.41, 5.74) is 0.122. The molecule has 0 radical (unpaired) electrons. The maximum absolute atomic E-state index is 11.1. The summed E-state index contributed by atoms with van der Waals surface area (Å²) >= 11 is 0. The number of carboxylic acids is 1. The van der Waals surface area contributed by atoms with E-state index >= 15 is 0 Å². The van der Waals surface area contributed by atoms with Crippen LogP contribution < -0.4 is 4.90 Å². The molecule has 0 atom stereocenters. The highest BCUT2D eigenvalue weighted by Gasteiger charge is 2.22. The molecule has 0 fully saturated rings. The molecule has 7 heteroatoms. The van der Waals surface area contributed by atoms with Gasteiger partial charge in [0.25, 0.3) is 5.69 Å². The van der Waals surface area contributed by atoms with Crippen molar-refractivity contribution >= 4 is 17.3 Å². The van der Waals surface area contributed by atoms with Gasteiger partial charge in [0.15, 0.2) is 0 Å². The zero-order valence-corrected chi connectivity index (χ0v) is 11.2. The number of nitriles is 1. The zero-order valence-electron chi connectivity index (χ0n) is 11.2. The maximum atomic E-state index is 11.1. The molecule has 0 saturated heterocycles. The molecule has 0 aliphatic rings. The Morgan fingerprint density at radius 2 is 2.20 bits per heavy atom. The Balaban J connectivity index is 3.27. The van der Waals surface area contributed by atoms with E-state index in [1.165, 1.54) is 17.0 Å². The summed E-state index contributed by atoms with van der Waals surface area (Å²) in [7, 11) is 0. The molecule has 20 heavy (non-hydrogen) atoms. The SMILES string of the molecule is CC(C)CN(CC(=O)O)c1ccc(C#N)cc1[N+](=O)[O-]. The third-order valence-corrected chi connectivity index (χ3v) is 2.55. The molecule has 1 N–H and O–H groups in total. The fraction of sp³-hybridized carbons (Fsp3) is 0.385. The molecule has 106 valence electrons. The molecule has 1 rings (SSSR count). The lowest BCUT2D eigenvalue weighted by atomic mass is 10.1. The van der Waals surface area contributed by atoms with Crippen molar-refractivity contribution in [3.05, 3.63) is 33.9 Å². The van der Waals surface area contributed by atoms with Crippen LogP contribution in [0.2, 0.25) is 0 Å². The molecule has 0 spiro atoms. The number of rotatable bonds is 6. The second kappa shape index (κ2) is 6.52. The third kappa shape index (κ3) is 3.95. The molecule has 0 aromatic heterocycles. The van der Waals surface area contributed by atoms with Gasteiger partial charge >= 0.3 is 5.97 Å². The molecule has 0 aliphatic heterocycles. The van der Waals surface area contributed by atoms with Gasteiger partial charge in [-0.2, -0.15) is 5.26 Å². The summed E-state index contributed by atoms with van der Waals surface area (Å²) in [6.07, 6.45) is 0. The number of benzene rings is 1. The predicted molar refractivity (Wildman–Crippen MR) is 72.5 cm³/mol. The van der Waals surface area contributed by atoms with Gasteiger partial charge in [-0.3, -0.25) is 14.9 Å². The Morgan fingerprint density at radius 1 is 1.55 bits per heavy atom. The lowest BCUT2D eigenvalue weighted by molar-refractivity contribution is -0.384. The van der Waals surface area contributed by atoms with Crippen LogP contribution in [0.5, 0.6) is 0 Å². The van der Waals surface area contributed by atoms with Crippen LogP contribution in [0, 0.1) is 27.4 Å². The Bertz CT molecular complexity index is 563. The molecule has 1 aromatic rings. The van der Waals surface area contributed by atoms with Crippen LogP contribution in [0.4, 0.5) is 11.4 Å². The monoisotopic (exact) mass is 277 g/mol. The van der Waals surface area contributed by atoms with Crippen LogP contribution in [-0.4, -0.2) is 29.1 Å². The zero-order chi connectivity index (χ0) is 15.3. The maximum Gasteiger partial charge on any atom is 0.323 e. The van der Waals surface area contributed by atoms with E-state index in [0.717, 1.165) is 6.07 Å². The van der Waals surface area contributed by atoms with Gasteiger partial charge in [-0.25, -0.2) is 0 Å². The molecule has 0 saturated carbocycles. The normalized spacial score (nSPS) is 10.1. The molecule has 0 amide bonds. The average Bonchev–Trinajstić information content (AvgIpc) is 2.36. The number of nitro benzene ring substituents is 1. The summed E-state index contributed by atoms with van der Waals surface area (Å²) in [5, 5.41) is 28.8. The summed E-state index contributed by atoms with van der Waals surface area (Å²) in [4.78, 5) is 22.8. The predicted octanol–water partition coefficient (Wildman–Crippen LogP) is 2.01. The van der Waals surface area contributed by atoms with E-state index in [0.29, 0.717) is 6.54 Å². The summed E-state index contributed by atoms with van der Waals surface area (Å²) in [5.74, 6) is -0.922. The minimum Gasteiger partial charge on any atom is -0.480 e. The number of carboxylic acid groups (broad SMARTS) is 1. The van der Waals surface area contributed by atoms with Crippen LogP contribution in [-0.2, 0) is 4.79 Å². The minimum atomic E-state index is -1.07. The van der Waals surface area contributed by atoms with E-state index in [-0.39, 0.29) is 29.4 Å². The van der Waals surface area contributed by atoms with E-state index < -0.39 is 10.9 Å². The van der Waals surface area contributed by atoms with Crippen LogP contribution in [0.15, 0.2) is 18.2 Å². The second-order valence-electron chi connectivity index (χ2n) is 4.74. The lowest BCUT2D eigenvalue weighted by Gasteiger charge is -2.24. The topological polar surface area (TPSA) is 107 Å². The van der Waals surface area contributed by atoms with Crippen molar-refractivity contribution in [3.63, 3.8) is 0 Å². The van der Waals surface area contributed by atoms with Gasteiger partial charge < -0.3 is 10.0 Å². The Labute approximate surface area is 116 Å². The molecule has 0 heterocycles. The van der Waals surface area contributed by atoms with Gasteiger partial charge in [0.2, 0.25) is 0 Å². The number of nitrogens with zero attached hydrogens (tertiary/aromatic N) is 3. The van der Waals surface area contributed by atoms with E-state index in [9.17, 15) is 14.9 Å². The van der Waals surface area contributed by atoms with Crippen molar-refractivity contribution in [1.29, 1.82) is 5.26 Å². The molecule has 1 aromatic carbocycles. The number of hydrogen-bond donors (Lipinski definition) is 1. The number of aliphatic carboxylic acids is 1. The van der Waals surface area contributed by atoms with E-state index in [2.05, 4.69) is 0 Å². The van der Waals surface area contributed by atoms with Crippen molar-refractivity contribution in [2.75, 3.05) is 18.0 Å². The number of anilines is 1. The van der Waals surface area contributed by atoms with Gasteiger partial charge in [-0.1, -0.05) is 13.8 Å². The first-order valence-electron chi connectivity index (χ1n) is 6.00.